The third-order valence-corrected chi connectivity index (χ3v) is 6.85. The highest BCUT2D eigenvalue weighted by atomic mass is 79.9. The smallest absolute Gasteiger partial charge is 0.341 e. The van der Waals surface area contributed by atoms with Crippen molar-refractivity contribution in [1.29, 1.82) is 0 Å². The lowest BCUT2D eigenvalue weighted by Gasteiger charge is -2.08. The summed E-state index contributed by atoms with van der Waals surface area (Å²) >= 11 is 5.85. The average molecular weight is 544 g/mol. The molecule has 33 heavy (non-hydrogen) atoms. The minimum absolute atomic E-state index is 0.0401. The zero-order chi connectivity index (χ0) is 23.2. The fourth-order valence-electron chi connectivity index (χ4n) is 2.99. The zero-order valence-electron chi connectivity index (χ0n) is 17.4. The number of thiophene rings is 1. The summed E-state index contributed by atoms with van der Waals surface area (Å²) in [5.41, 5.74) is 2.71. The van der Waals surface area contributed by atoms with E-state index in [1.807, 2.05) is 60.0 Å². The van der Waals surface area contributed by atoms with Crippen LogP contribution in [0.25, 0.3) is 22.6 Å². The number of hydrogen-bond acceptors (Lipinski definition) is 8. The Balaban J connectivity index is 1.46. The summed E-state index contributed by atoms with van der Waals surface area (Å²) in [5.74, 6) is -0.373. The van der Waals surface area contributed by atoms with Crippen molar-refractivity contribution in [2.24, 2.45) is 0 Å². The number of nitrogens with zero attached hydrogens (tertiary/aromatic N) is 2. The maximum absolute atomic E-state index is 12.6. The van der Waals surface area contributed by atoms with E-state index in [9.17, 15) is 9.59 Å². The lowest BCUT2D eigenvalue weighted by molar-refractivity contribution is -0.113. The van der Waals surface area contributed by atoms with Gasteiger partial charge in [0.05, 0.1) is 17.9 Å². The Morgan fingerprint density at radius 2 is 1.85 bits per heavy atom. The molecule has 4 rings (SSSR count). The Morgan fingerprint density at radius 3 is 2.61 bits per heavy atom. The lowest BCUT2D eigenvalue weighted by Crippen LogP contribution is -2.16. The topological polar surface area (TPSA) is 94.3 Å². The fourth-order valence-corrected chi connectivity index (χ4v) is 4.98. The second-order valence-electron chi connectivity index (χ2n) is 6.63. The van der Waals surface area contributed by atoms with Crippen LogP contribution < -0.4 is 5.32 Å². The highest BCUT2D eigenvalue weighted by molar-refractivity contribution is 9.10. The predicted molar refractivity (Wildman–Crippen MR) is 132 cm³/mol. The van der Waals surface area contributed by atoms with E-state index in [-0.39, 0.29) is 23.5 Å². The normalized spacial score (nSPS) is 10.7. The van der Waals surface area contributed by atoms with Crippen molar-refractivity contribution in [1.82, 2.24) is 10.2 Å². The van der Waals surface area contributed by atoms with Gasteiger partial charge in [-0.05, 0) is 40.5 Å². The van der Waals surface area contributed by atoms with E-state index < -0.39 is 5.97 Å². The molecular formula is C23H18BrN3O4S2. The number of amides is 1. The number of aromatic nitrogens is 2. The third-order valence-electron chi connectivity index (χ3n) is 4.45. The van der Waals surface area contributed by atoms with Crippen LogP contribution in [0.3, 0.4) is 0 Å². The van der Waals surface area contributed by atoms with Crippen LogP contribution in [0.2, 0.25) is 0 Å². The van der Waals surface area contributed by atoms with Crippen LogP contribution in [0.15, 0.2) is 74.1 Å². The minimum atomic E-state index is -0.476. The van der Waals surface area contributed by atoms with Gasteiger partial charge in [0, 0.05) is 15.4 Å². The zero-order valence-corrected chi connectivity index (χ0v) is 20.6. The number of esters is 1. The first-order chi connectivity index (χ1) is 16.1. The molecule has 0 unspecified atom stereocenters. The third kappa shape index (κ3) is 5.52. The second kappa shape index (κ2) is 10.8. The minimum Gasteiger partial charge on any atom is -0.462 e. The van der Waals surface area contributed by atoms with Crippen molar-refractivity contribution in [3.05, 3.63) is 70.0 Å². The first kappa shape index (κ1) is 23.2. The monoisotopic (exact) mass is 543 g/mol. The average Bonchev–Trinajstić information content (AvgIpc) is 3.46. The van der Waals surface area contributed by atoms with Crippen LogP contribution >= 0.6 is 39.0 Å². The molecule has 0 aliphatic heterocycles. The Morgan fingerprint density at radius 1 is 1.09 bits per heavy atom. The molecule has 1 amide bonds. The standard InChI is InChI=1S/C23H18BrN3O4S2/c1-2-30-22(29)19-16(14-8-4-3-5-9-14)12-32-21(19)25-18(28)13-33-23-27-26-20(31-23)15-10-6-7-11-17(15)24/h3-12H,2,13H2,1H3,(H,25,28). The number of anilines is 1. The highest BCUT2D eigenvalue weighted by Gasteiger charge is 2.23. The number of halogens is 1. The van der Waals surface area contributed by atoms with Crippen LogP contribution in [0.5, 0.6) is 0 Å². The molecule has 0 aliphatic carbocycles. The fraction of sp³-hybridized carbons (Fsp3) is 0.130. The van der Waals surface area contributed by atoms with Crippen molar-refractivity contribution in [2.75, 3.05) is 17.7 Å². The van der Waals surface area contributed by atoms with Gasteiger partial charge in [0.2, 0.25) is 11.8 Å². The first-order valence-corrected chi connectivity index (χ1v) is 12.6. The van der Waals surface area contributed by atoms with Crippen LogP contribution in [0.1, 0.15) is 17.3 Å². The molecule has 0 spiro atoms. The number of benzene rings is 2. The quantitative estimate of drug-likeness (QED) is 0.211. The van der Waals surface area contributed by atoms with Gasteiger partial charge in [-0.15, -0.1) is 21.5 Å². The number of ether oxygens (including phenoxy) is 1. The van der Waals surface area contributed by atoms with E-state index in [4.69, 9.17) is 9.15 Å². The van der Waals surface area contributed by atoms with Gasteiger partial charge in [0.15, 0.2) is 0 Å². The molecule has 10 heteroatoms. The summed E-state index contributed by atoms with van der Waals surface area (Å²) < 4.78 is 11.7. The van der Waals surface area contributed by atoms with Crippen molar-refractivity contribution in [2.45, 2.75) is 12.1 Å². The van der Waals surface area contributed by atoms with E-state index in [0.717, 1.165) is 32.9 Å². The van der Waals surface area contributed by atoms with Gasteiger partial charge >= 0.3 is 5.97 Å². The van der Waals surface area contributed by atoms with Crippen LogP contribution in [-0.4, -0.2) is 34.4 Å². The summed E-state index contributed by atoms with van der Waals surface area (Å²) in [4.78, 5) is 25.3. The van der Waals surface area contributed by atoms with Crippen LogP contribution in [0.4, 0.5) is 5.00 Å². The Bertz CT molecular complexity index is 1270. The Hall–Kier alpha value is -2.95. The Labute approximate surface area is 206 Å². The maximum Gasteiger partial charge on any atom is 0.341 e. The second-order valence-corrected chi connectivity index (χ2v) is 9.29. The van der Waals surface area contributed by atoms with E-state index in [0.29, 0.717) is 16.5 Å². The van der Waals surface area contributed by atoms with Crippen LogP contribution in [0, 0.1) is 0 Å². The molecule has 0 radical (unpaired) electrons. The number of thioether (sulfide) groups is 1. The SMILES string of the molecule is CCOC(=O)c1c(-c2ccccc2)csc1NC(=O)CSc1nnc(-c2ccccc2Br)o1. The number of carbonyl (C=O) groups is 2. The van der Waals surface area contributed by atoms with Gasteiger partial charge in [-0.2, -0.15) is 0 Å². The molecule has 2 aromatic carbocycles. The van der Waals surface area contributed by atoms with E-state index in [1.54, 1.807) is 6.92 Å². The molecule has 0 saturated carbocycles. The molecule has 2 heterocycles. The molecule has 7 nitrogen and oxygen atoms in total. The molecule has 168 valence electrons. The maximum atomic E-state index is 12.6. The van der Waals surface area contributed by atoms with Crippen LogP contribution in [-0.2, 0) is 9.53 Å². The van der Waals surface area contributed by atoms with Gasteiger partial charge < -0.3 is 14.5 Å². The molecular weight excluding hydrogens is 526 g/mol. The van der Waals surface area contributed by atoms with Crippen molar-refractivity contribution in [3.8, 4) is 22.6 Å². The van der Waals surface area contributed by atoms with Gasteiger partial charge in [-0.3, -0.25) is 4.79 Å². The van der Waals surface area contributed by atoms with Gasteiger partial charge in [0.1, 0.15) is 10.6 Å². The molecule has 1 N–H and O–H groups in total. The number of nitrogens with one attached hydrogen (secondary N) is 1. The molecule has 0 saturated heterocycles. The number of hydrogen-bond donors (Lipinski definition) is 1. The summed E-state index contributed by atoms with van der Waals surface area (Å²) in [7, 11) is 0. The largest absolute Gasteiger partial charge is 0.462 e. The summed E-state index contributed by atoms with van der Waals surface area (Å²) in [6.07, 6.45) is 0. The molecule has 0 fully saturated rings. The summed E-state index contributed by atoms with van der Waals surface area (Å²) in [5, 5.41) is 13.4. The highest BCUT2D eigenvalue weighted by Crippen LogP contribution is 2.36. The van der Waals surface area contributed by atoms with Gasteiger partial charge in [-0.1, -0.05) is 54.2 Å². The van der Waals surface area contributed by atoms with Crippen molar-refractivity contribution < 1.29 is 18.7 Å². The number of rotatable bonds is 8. The van der Waals surface area contributed by atoms with Crippen molar-refractivity contribution >= 4 is 55.9 Å². The van der Waals surface area contributed by atoms with Crippen molar-refractivity contribution in [3.63, 3.8) is 0 Å². The molecule has 2 aromatic heterocycles. The molecule has 0 atom stereocenters. The van der Waals surface area contributed by atoms with E-state index in [1.165, 1.54) is 11.3 Å². The molecule has 0 bridgehead atoms. The predicted octanol–water partition coefficient (Wildman–Crippen LogP) is 6.14. The number of carbonyl (C=O) groups excluding carboxylic acids is 2. The Kier molecular flexibility index (Phi) is 7.58. The summed E-state index contributed by atoms with van der Waals surface area (Å²) in [6, 6.07) is 17.0. The van der Waals surface area contributed by atoms with E-state index in [2.05, 4.69) is 31.4 Å². The molecule has 4 aromatic rings. The lowest BCUT2D eigenvalue weighted by atomic mass is 10.0. The van der Waals surface area contributed by atoms with Gasteiger partial charge in [0.25, 0.3) is 5.22 Å². The van der Waals surface area contributed by atoms with E-state index >= 15 is 0 Å². The first-order valence-electron chi connectivity index (χ1n) is 9.92. The van der Waals surface area contributed by atoms with Gasteiger partial charge in [-0.25, -0.2) is 4.79 Å². The molecule has 0 aliphatic rings. The summed E-state index contributed by atoms with van der Waals surface area (Å²) in [6.45, 7) is 1.98.